The molecule has 96 valence electrons. The fourth-order valence-electron chi connectivity index (χ4n) is 2.27. The van der Waals surface area contributed by atoms with E-state index in [9.17, 15) is 5.11 Å². The van der Waals surface area contributed by atoms with Crippen LogP contribution in [0.4, 0.5) is 0 Å². The highest BCUT2D eigenvalue weighted by Gasteiger charge is 2.19. The highest BCUT2D eigenvalue weighted by molar-refractivity contribution is 5.41. The molecule has 1 N–H and O–H groups in total. The Morgan fingerprint density at radius 3 is 2.33 bits per heavy atom. The van der Waals surface area contributed by atoms with Gasteiger partial charge in [0, 0.05) is 5.56 Å². The van der Waals surface area contributed by atoms with Crippen LogP contribution in [0.3, 0.4) is 0 Å². The standard InChI is InChI=1S/C15H20N2O/c1-5-13-14(10(2)3)17(16-15(13)18)12-8-6-11(4)7-9-12/h6-10H,5H2,1-4H3,(H,16,18). The van der Waals surface area contributed by atoms with Gasteiger partial charge in [-0.25, -0.2) is 4.68 Å². The van der Waals surface area contributed by atoms with Crippen LogP contribution in [0.1, 0.15) is 43.5 Å². The van der Waals surface area contributed by atoms with Crippen molar-refractivity contribution in [1.29, 1.82) is 0 Å². The fraction of sp³-hybridized carbons (Fsp3) is 0.400. The third-order valence-electron chi connectivity index (χ3n) is 3.18. The van der Waals surface area contributed by atoms with E-state index in [1.807, 2.05) is 23.7 Å². The second-order valence-electron chi connectivity index (χ2n) is 4.94. The number of hydrogen-bond donors (Lipinski definition) is 1. The molecule has 0 aliphatic rings. The normalized spacial score (nSPS) is 11.2. The van der Waals surface area contributed by atoms with Crippen LogP contribution in [0.15, 0.2) is 24.3 Å². The molecule has 0 fully saturated rings. The van der Waals surface area contributed by atoms with Gasteiger partial charge in [0.1, 0.15) is 0 Å². The molecule has 0 saturated heterocycles. The lowest BCUT2D eigenvalue weighted by atomic mass is 10.0. The molecule has 2 rings (SSSR count). The van der Waals surface area contributed by atoms with E-state index in [0.717, 1.165) is 23.4 Å². The predicted molar refractivity (Wildman–Crippen MR) is 73.4 cm³/mol. The van der Waals surface area contributed by atoms with E-state index >= 15 is 0 Å². The maximum Gasteiger partial charge on any atom is 0.234 e. The van der Waals surface area contributed by atoms with Gasteiger partial charge in [-0.05, 0) is 31.4 Å². The Morgan fingerprint density at radius 1 is 1.22 bits per heavy atom. The highest BCUT2D eigenvalue weighted by atomic mass is 16.3. The number of rotatable bonds is 3. The number of benzene rings is 1. The smallest absolute Gasteiger partial charge is 0.234 e. The van der Waals surface area contributed by atoms with Gasteiger partial charge in [-0.1, -0.05) is 38.5 Å². The van der Waals surface area contributed by atoms with Crippen molar-refractivity contribution in [3.63, 3.8) is 0 Å². The summed E-state index contributed by atoms with van der Waals surface area (Å²) in [4.78, 5) is 0. The Bertz CT molecular complexity index is 538. The van der Waals surface area contributed by atoms with Crippen LogP contribution >= 0.6 is 0 Å². The summed E-state index contributed by atoms with van der Waals surface area (Å²) in [6, 6.07) is 8.19. The Kier molecular flexibility index (Phi) is 3.41. The molecule has 0 saturated carbocycles. The van der Waals surface area contributed by atoms with Crippen molar-refractivity contribution in [1.82, 2.24) is 9.78 Å². The average Bonchev–Trinajstić information content (AvgIpc) is 2.67. The van der Waals surface area contributed by atoms with Crippen LogP contribution in [-0.2, 0) is 6.42 Å². The minimum absolute atomic E-state index is 0.154. The topological polar surface area (TPSA) is 38.1 Å². The molecule has 0 radical (unpaired) electrons. The third kappa shape index (κ3) is 2.13. The monoisotopic (exact) mass is 244 g/mol. The molecule has 0 bridgehead atoms. The number of aromatic nitrogens is 2. The molecule has 0 aliphatic carbocycles. The van der Waals surface area contributed by atoms with E-state index in [0.29, 0.717) is 5.92 Å². The van der Waals surface area contributed by atoms with Crippen LogP contribution in [-0.4, -0.2) is 14.9 Å². The number of nitrogens with zero attached hydrogens (tertiary/aromatic N) is 2. The lowest BCUT2D eigenvalue weighted by molar-refractivity contribution is 0.443. The second kappa shape index (κ2) is 4.84. The van der Waals surface area contributed by atoms with Gasteiger partial charge in [0.25, 0.3) is 0 Å². The Hall–Kier alpha value is -1.77. The highest BCUT2D eigenvalue weighted by Crippen LogP contribution is 2.29. The molecule has 0 aliphatic heterocycles. The summed E-state index contributed by atoms with van der Waals surface area (Å²) < 4.78 is 1.86. The molecule has 1 aromatic carbocycles. The Balaban J connectivity index is 2.60. The molecule has 2 aromatic rings. The SMILES string of the molecule is CCc1c(O)nn(-c2ccc(C)cc2)c1C(C)C. The van der Waals surface area contributed by atoms with Crippen LogP contribution < -0.4 is 0 Å². The van der Waals surface area contributed by atoms with Gasteiger partial charge >= 0.3 is 0 Å². The summed E-state index contributed by atoms with van der Waals surface area (Å²) in [5.41, 5.74) is 4.26. The van der Waals surface area contributed by atoms with E-state index in [2.05, 4.69) is 38.0 Å². The van der Waals surface area contributed by atoms with Crippen molar-refractivity contribution in [2.75, 3.05) is 0 Å². The summed E-state index contributed by atoms with van der Waals surface area (Å²) in [7, 11) is 0. The molecular formula is C15H20N2O. The second-order valence-corrected chi connectivity index (χ2v) is 4.94. The van der Waals surface area contributed by atoms with Gasteiger partial charge in [-0.15, -0.1) is 5.10 Å². The molecular weight excluding hydrogens is 224 g/mol. The molecule has 0 unspecified atom stereocenters. The summed E-state index contributed by atoms with van der Waals surface area (Å²) in [6.45, 7) is 8.36. The van der Waals surface area contributed by atoms with Crippen LogP contribution in [0.25, 0.3) is 5.69 Å². The molecule has 18 heavy (non-hydrogen) atoms. The minimum Gasteiger partial charge on any atom is -0.492 e. The van der Waals surface area contributed by atoms with Crippen molar-refractivity contribution in [2.24, 2.45) is 0 Å². The molecule has 1 heterocycles. The predicted octanol–water partition coefficient (Wildman–Crippen LogP) is 3.57. The van der Waals surface area contributed by atoms with E-state index in [4.69, 9.17) is 0 Å². The van der Waals surface area contributed by atoms with Gasteiger partial charge in [-0.3, -0.25) is 0 Å². The number of aromatic hydroxyl groups is 1. The van der Waals surface area contributed by atoms with Crippen LogP contribution in [0, 0.1) is 6.92 Å². The quantitative estimate of drug-likeness (QED) is 0.896. The van der Waals surface area contributed by atoms with E-state index in [-0.39, 0.29) is 5.88 Å². The van der Waals surface area contributed by atoms with Gasteiger partial charge < -0.3 is 5.11 Å². The van der Waals surface area contributed by atoms with Crippen molar-refractivity contribution in [3.8, 4) is 11.6 Å². The molecule has 1 aromatic heterocycles. The lowest BCUT2D eigenvalue weighted by Crippen LogP contribution is -2.05. The van der Waals surface area contributed by atoms with E-state index < -0.39 is 0 Å². The van der Waals surface area contributed by atoms with E-state index in [1.54, 1.807) is 0 Å². The van der Waals surface area contributed by atoms with Gasteiger partial charge in [0.2, 0.25) is 5.88 Å². The van der Waals surface area contributed by atoms with Crippen LogP contribution in [0.2, 0.25) is 0 Å². The number of aryl methyl sites for hydroxylation is 1. The van der Waals surface area contributed by atoms with Crippen molar-refractivity contribution < 1.29 is 5.11 Å². The van der Waals surface area contributed by atoms with E-state index in [1.165, 1.54) is 5.56 Å². The molecule has 3 nitrogen and oxygen atoms in total. The first-order chi connectivity index (χ1) is 8.54. The number of hydrogen-bond acceptors (Lipinski definition) is 2. The van der Waals surface area contributed by atoms with Gasteiger partial charge in [0.15, 0.2) is 0 Å². The first kappa shape index (κ1) is 12.7. The zero-order valence-electron chi connectivity index (χ0n) is 11.4. The van der Waals surface area contributed by atoms with Gasteiger partial charge in [-0.2, -0.15) is 0 Å². The third-order valence-corrected chi connectivity index (χ3v) is 3.18. The largest absolute Gasteiger partial charge is 0.492 e. The zero-order valence-corrected chi connectivity index (χ0v) is 11.4. The Labute approximate surface area is 108 Å². The molecule has 0 spiro atoms. The first-order valence-electron chi connectivity index (χ1n) is 6.42. The average molecular weight is 244 g/mol. The minimum atomic E-state index is 0.154. The zero-order chi connectivity index (χ0) is 13.3. The van der Waals surface area contributed by atoms with Crippen LogP contribution in [0.5, 0.6) is 5.88 Å². The van der Waals surface area contributed by atoms with Crippen molar-refractivity contribution >= 4 is 0 Å². The van der Waals surface area contributed by atoms with Gasteiger partial charge in [0.05, 0.1) is 11.4 Å². The summed E-state index contributed by atoms with van der Waals surface area (Å²) in [5.74, 6) is 0.483. The Morgan fingerprint density at radius 2 is 1.83 bits per heavy atom. The fourth-order valence-corrected chi connectivity index (χ4v) is 2.27. The molecule has 0 atom stereocenters. The maximum absolute atomic E-state index is 9.95. The summed E-state index contributed by atoms with van der Waals surface area (Å²) in [5, 5.41) is 14.2. The summed E-state index contributed by atoms with van der Waals surface area (Å²) in [6.07, 6.45) is 0.797. The molecule has 0 amide bonds. The maximum atomic E-state index is 9.95. The molecule has 3 heteroatoms. The lowest BCUT2D eigenvalue weighted by Gasteiger charge is -2.12. The first-order valence-corrected chi connectivity index (χ1v) is 6.42. The van der Waals surface area contributed by atoms with Crippen molar-refractivity contribution in [3.05, 3.63) is 41.1 Å². The summed E-state index contributed by atoms with van der Waals surface area (Å²) >= 11 is 0. The van der Waals surface area contributed by atoms with Crippen molar-refractivity contribution in [2.45, 2.75) is 40.0 Å².